The SMILES string of the molecule is N#CCCN(C(=O)COC(=O)CCN1C(=O)c2ccccc2C1=O)c1ccccc1. The largest absolute Gasteiger partial charge is 0.455 e. The average Bonchev–Trinajstić information content (AvgIpc) is 3.02. The van der Waals surface area contributed by atoms with Gasteiger partial charge in [-0.1, -0.05) is 30.3 Å². The molecule has 0 saturated carbocycles. The molecule has 0 radical (unpaired) electrons. The molecule has 2 aromatic rings. The van der Waals surface area contributed by atoms with Crippen molar-refractivity contribution in [2.45, 2.75) is 12.8 Å². The van der Waals surface area contributed by atoms with E-state index < -0.39 is 30.3 Å². The molecule has 0 unspecified atom stereocenters. The molecule has 8 heteroatoms. The molecule has 0 saturated heterocycles. The number of rotatable bonds is 8. The topological polar surface area (TPSA) is 108 Å². The Morgan fingerprint density at radius 1 is 0.967 bits per heavy atom. The minimum absolute atomic E-state index is 0.129. The Balaban J connectivity index is 1.53. The van der Waals surface area contributed by atoms with Gasteiger partial charge in [-0.05, 0) is 24.3 Å². The number of nitrogens with zero attached hydrogens (tertiary/aromatic N) is 3. The van der Waals surface area contributed by atoms with Gasteiger partial charge >= 0.3 is 5.97 Å². The highest BCUT2D eigenvalue weighted by molar-refractivity contribution is 6.21. The molecule has 0 fully saturated rings. The molecule has 1 heterocycles. The van der Waals surface area contributed by atoms with E-state index in [2.05, 4.69) is 0 Å². The molecule has 2 aromatic carbocycles. The van der Waals surface area contributed by atoms with E-state index in [0.717, 1.165) is 4.90 Å². The molecule has 0 N–H and O–H groups in total. The minimum atomic E-state index is -0.701. The van der Waals surface area contributed by atoms with Gasteiger partial charge in [-0.2, -0.15) is 5.26 Å². The van der Waals surface area contributed by atoms with E-state index >= 15 is 0 Å². The smallest absolute Gasteiger partial charge is 0.308 e. The molecule has 0 aromatic heterocycles. The molecule has 0 bridgehead atoms. The Hall–Kier alpha value is -3.99. The first-order valence-corrected chi connectivity index (χ1v) is 9.36. The number of imide groups is 1. The lowest BCUT2D eigenvalue weighted by Crippen LogP contribution is -2.36. The van der Waals surface area contributed by atoms with Crippen LogP contribution in [0.2, 0.25) is 0 Å². The highest BCUT2D eigenvalue weighted by atomic mass is 16.5. The molecule has 8 nitrogen and oxygen atoms in total. The first kappa shape index (κ1) is 20.7. The highest BCUT2D eigenvalue weighted by Gasteiger charge is 2.35. The van der Waals surface area contributed by atoms with Crippen LogP contribution in [-0.2, 0) is 14.3 Å². The van der Waals surface area contributed by atoms with Gasteiger partial charge in [-0.25, -0.2) is 0 Å². The van der Waals surface area contributed by atoms with Crippen LogP contribution in [-0.4, -0.2) is 48.3 Å². The quantitative estimate of drug-likeness (QED) is 0.492. The summed E-state index contributed by atoms with van der Waals surface area (Å²) in [7, 11) is 0. The lowest BCUT2D eigenvalue weighted by molar-refractivity contribution is -0.147. The Labute approximate surface area is 173 Å². The molecular formula is C22H19N3O5. The van der Waals surface area contributed by atoms with Gasteiger partial charge in [0.05, 0.1) is 30.0 Å². The molecule has 0 atom stereocenters. The fourth-order valence-corrected chi connectivity index (χ4v) is 3.11. The van der Waals surface area contributed by atoms with Gasteiger partial charge in [0, 0.05) is 18.8 Å². The number of hydrogen-bond donors (Lipinski definition) is 0. The summed E-state index contributed by atoms with van der Waals surface area (Å²) in [6.45, 7) is -0.455. The average molecular weight is 405 g/mol. The summed E-state index contributed by atoms with van der Waals surface area (Å²) in [4.78, 5) is 51.5. The second-order valence-electron chi connectivity index (χ2n) is 6.51. The first-order valence-electron chi connectivity index (χ1n) is 9.36. The van der Waals surface area contributed by atoms with Gasteiger partial charge in [0.15, 0.2) is 6.61 Å². The predicted octanol–water partition coefficient (Wildman–Crippen LogP) is 2.16. The van der Waals surface area contributed by atoms with Gasteiger partial charge < -0.3 is 9.64 Å². The zero-order chi connectivity index (χ0) is 21.5. The van der Waals surface area contributed by atoms with Gasteiger partial charge in [0.1, 0.15) is 0 Å². The molecule has 0 spiro atoms. The number of hydrogen-bond acceptors (Lipinski definition) is 6. The summed E-state index contributed by atoms with van der Waals surface area (Å²) in [5, 5.41) is 8.81. The summed E-state index contributed by atoms with van der Waals surface area (Å²) < 4.78 is 5.03. The summed E-state index contributed by atoms with van der Waals surface area (Å²) >= 11 is 0. The first-order chi connectivity index (χ1) is 14.5. The van der Waals surface area contributed by atoms with E-state index in [1.165, 1.54) is 4.90 Å². The molecule has 3 rings (SSSR count). The Bertz CT molecular complexity index is 978. The van der Waals surface area contributed by atoms with Crippen LogP contribution in [0.5, 0.6) is 0 Å². The van der Waals surface area contributed by atoms with Crippen LogP contribution in [0.1, 0.15) is 33.6 Å². The number of benzene rings is 2. The van der Waals surface area contributed by atoms with E-state index in [1.54, 1.807) is 54.6 Å². The van der Waals surface area contributed by atoms with Gasteiger partial charge in [-0.3, -0.25) is 24.1 Å². The third-order valence-corrected chi connectivity index (χ3v) is 4.59. The van der Waals surface area contributed by atoms with Crippen LogP contribution < -0.4 is 4.90 Å². The second-order valence-corrected chi connectivity index (χ2v) is 6.51. The highest BCUT2D eigenvalue weighted by Crippen LogP contribution is 2.22. The molecular weight excluding hydrogens is 386 g/mol. The maximum absolute atomic E-state index is 12.5. The standard InChI is InChI=1S/C22H19N3O5/c23-12-6-13-24(16-7-2-1-3-8-16)19(26)15-30-20(27)11-14-25-21(28)17-9-4-5-10-18(17)22(25)29/h1-5,7-10H,6,11,13-15H2. The lowest BCUT2D eigenvalue weighted by atomic mass is 10.1. The maximum atomic E-state index is 12.5. The monoisotopic (exact) mass is 405 g/mol. The zero-order valence-electron chi connectivity index (χ0n) is 16.1. The molecule has 30 heavy (non-hydrogen) atoms. The van der Waals surface area contributed by atoms with Gasteiger partial charge in [0.2, 0.25) is 0 Å². The number of carbonyl (C=O) groups is 4. The summed E-state index contributed by atoms with van der Waals surface area (Å²) in [6.07, 6.45) is -0.0867. The Morgan fingerprint density at radius 2 is 1.57 bits per heavy atom. The van der Waals surface area contributed by atoms with Crippen molar-refractivity contribution < 1.29 is 23.9 Å². The predicted molar refractivity (Wildman–Crippen MR) is 106 cm³/mol. The number of esters is 1. The molecule has 152 valence electrons. The zero-order valence-corrected chi connectivity index (χ0v) is 16.1. The van der Waals surface area contributed by atoms with Crippen molar-refractivity contribution in [3.8, 4) is 6.07 Å². The van der Waals surface area contributed by atoms with Crippen LogP contribution >= 0.6 is 0 Å². The van der Waals surface area contributed by atoms with E-state index in [9.17, 15) is 19.2 Å². The molecule has 1 aliphatic rings. The van der Waals surface area contributed by atoms with E-state index in [1.807, 2.05) is 6.07 Å². The van der Waals surface area contributed by atoms with Crippen LogP contribution in [0.25, 0.3) is 0 Å². The Kier molecular flexibility index (Phi) is 6.55. The van der Waals surface area contributed by atoms with Crippen molar-refractivity contribution in [3.63, 3.8) is 0 Å². The Morgan fingerprint density at radius 3 is 2.17 bits per heavy atom. The van der Waals surface area contributed by atoms with Crippen molar-refractivity contribution in [1.82, 2.24) is 4.90 Å². The third-order valence-electron chi connectivity index (χ3n) is 4.59. The maximum Gasteiger partial charge on any atom is 0.308 e. The van der Waals surface area contributed by atoms with Gasteiger partial charge in [-0.15, -0.1) is 0 Å². The van der Waals surface area contributed by atoms with E-state index in [-0.39, 0.29) is 25.9 Å². The molecule has 1 aliphatic heterocycles. The number of ether oxygens (including phenoxy) is 1. The van der Waals surface area contributed by atoms with Gasteiger partial charge in [0.25, 0.3) is 17.7 Å². The fourth-order valence-electron chi connectivity index (χ4n) is 3.11. The summed E-state index contributed by atoms with van der Waals surface area (Å²) in [5.74, 6) is -2.07. The summed E-state index contributed by atoms with van der Waals surface area (Å²) in [5.41, 5.74) is 1.21. The summed E-state index contributed by atoms with van der Waals surface area (Å²) in [6, 6.07) is 17.2. The fraction of sp³-hybridized carbons (Fsp3) is 0.227. The van der Waals surface area contributed by atoms with Crippen LogP contribution in [0.15, 0.2) is 54.6 Å². The minimum Gasteiger partial charge on any atom is -0.455 e. The normalized spacial score (nSPS) is 12.3. The number of nitriles is 1. The number of carbonyl (C=O) groups excluding carboxylic acids is 4. The van der Waals surface area contributed by atoms with E-state index in [4.69, 9.17) is 10.00 Å². The van der Waals surface area contributed by atoms with Crippen molar-refractivity contribution in [2.75, 3.05) is 24.6 Å². The van der Waals surface area contributed by atoms with Crippen LogP contribution in [0.4, 0.5) is 5.69 Å². The number of para-hydroxylation sites is 1. The molecule has 0 aliphatic carbocycles. The van der Waals surface area contributed by atoms with Crippen LogP contribution in [0, 0.1) is 11.3 Å². The number of amides is 3. The van der Waals surface area contributed by atoms with Crippen molar-refractivity contribution >= 4 is 29.4 Å². The van der Waals surface area contributed by atoms with E-state index in [0.29, 0.717) is 16.8 Å². The lowest BCUT2D eigenvalue weighted by Gasteiger charge is -2.21. The van der Waals surface area contributed by atoms with Crippen molar-refractivity contribution in [3.05, 3.63) is 65.7 Å². The van der Waals surface area contributed by atoms with Crippen molar-refractivity contribution in [1.29, 1.82) is 5.26 Å². The second kappa shape index (κ2) is 9.47. The number of anilines is 1. The molecule has 3 amide bonds. The van der Waals surface area contributed by atoms with Crippen LogP contribution in [0.3, 0.4) is 0 Å². The van der Waals surface area contributed by atoms with Crippen molar-refractivity contribution in [2.24, 2.45) is 0 Å². The third kappa shape index (κ3) is 4.52. The number of fused-ring (bicyclic) bond motifs is 1.